The van der Waals surface area contributed by atoms with Crippen LogP contribution in [0.1, 0.15) is 5.56 Å². The molecule has 4 rings (SSSR count). The van der Waals surface area contributed by atoms with E-state index in [2.05, 4.69) is 25.5 Å². The van der Waals surface area contributed by atoms with Crippen LogP contribution in [0.3, 0.4) is 0 Å². The largest absolute Gasteiger partial charge is 0.304 e. The van der Waals surface area contributed by atoms with Crippen LogP contribution < -0.4 is 5.32 Å². The van der Waals surface area contributed by atoms with E-state index in [0.717, 1.165) is 17.0 Å². The van der Waals surface area contributed by atoms with Crippen LogP contribution in [0.15, 0.2) is 59.2 Å². The maximum absolute atomic E-state index is 12.3. The maximum Gasteiger partial charge on any atom is 0.236 e. The van der Waals surface area contributed by atoms with Gasteiger partial charge in [0.15, 0.2) is 16.1 Å². The zero-order chi connectivity index (χ0) is 20.2. The third-order valence-electron chi connectivity index (χ3n) is 4.16. The number of thioether (sulfide) groups is 1. The van der Waals surface area contributed by atoms with Crippen molar-refractivity contribution in [3.05, 3.63) is 59.6 Å². The number of amides is 1. The number of nitrogens with one attached hydrogen (secondary N) is 1. The van der Waals surface area contributed by atoms with Crippen molar-refractivity contribution in [3.63, 3.8) is 0 Å². The average Bonchev–Trinajstić information content (AvgIpc) is 3.34. The molecule has 3 heterocycles. The number of hydrogen-bond donors (Lipinski definition) is 1. The van der Waals surface area contributed by atoms with E-state index < -0.39 is 0 Å². The van der Waals surface area contributed by atoms with Crippen molar-refractivity contribution in [1.82, 2.24) is 24.7 Å². The summed E-state index contributed by atoms with van der Waals surface area (Å²) in [6, 6.07) is 13.8. The second kappa shape index (κ2) is 8.54. The van der Waals surface area contributed by atoms with Gasteiger partial charge < -0.3 is 9.88 Å². The minimum atomic E-state index is -0.137. The first-order chi connectivity index (χ1) is 14.1. The summed E-state index contributed by atoms with van der Waals surface area (Å²) < 4.78 is 1.83. The number of benzene rings is 1. The highest BCUT2D eigenvalue weighted by molar-refractivity contribution is 7.99. The van der Waals surface area contributed by atoms with Crippen molar-refractivity contribution in [3.8, 4) is 22.8 Å². The molecular weight excluding hydrogens is 404 g/mol. The molecule has 0 aliphatic rings. The predicted octanol–water partition coefficient (Wildman–Crippen LogP) is 4.04. The predicted molar refractivity (Wildman–Crippen MR) is 116 cm³/mol. The normalized spacial score (nSPS) is 10.8. The highest BCUT2D eigenvalue weighted by atomic mass is 32.2. The zero-order valence-corrected chi connectivity index (χ0v) is 17.5. The van der Waals surface area contributed by atoms with Crippen molar-refractivity contribution < 1.29 is 4.79 Å². The molecule has 0 aliphatic heterocycles. The van der Waals surface area contributed by atoms with Crippen LogP contribution in [0.5, 0.6) is 0 Å². The highest BCUT2D eigenvalue weighted by Gasteiger charge is 2.14. The van der Waals surface area contributed by atoms with Gasteiger partial charge in [0.05, 0.1) is 11.4 Å². The zero-order valence-electron chi connectivity index (χ0n) is 15.9. The molecule has 0 atom stereocenters. The second-order valence-electron chi connectivity index (χ2n) is 6.32. The van der Waals surface area contributed by atoms with E-state index in [-0.39, 0.29) is 11.7 Å². The van der Waals surface area contributed by atoms with Gasteiger partial charge in [0.2, 0.25) is 5.91 Å². The fourth-order valence-corrected chi connectivity index (χ4v) is 4.08. The Hall–Kier alpha value is -3.04. The summed E-state index contributed by atoms with van der Waals surface area (Å²) >= 11 is 2.73. The summed E-state index contributed by atoms with van der Waals surface area (Å²) in [5.74, 6) is 0.742. The van der Waals surface area contributed by atoms with Gasteiger partial charge in [0, 0.05) is 24.2 Å². The Morgan fingerprint density at radius 3 is 2.72 bits per heavy atom. The van der Waals surface area contributed by atoms with Crippen LogP contribution in [0.25, 0.3) is 22.8 Å². The molecule has 1 amide bonds. The topological polar surface area (TPSA) is 85.6 Å². The van der Waals surface area contributed by atoms with Crippen molar-refractivity contribution in [1.29, 1.82) is 0 Å². The Bertz CT molecular complexity index is 1120. The van der Waals surface area contributed by atoms with Gasteiger partial charge in [-0.25, -0.2) is 4.98 Å². The molecule has 146 valence electrons. The fourth-order valence-electron chi connectivity index (χ4n) is 2.63. The molecular formula is C20H18N6OS2. The van der Waals surface area contributed by atoms with E-state index in [9.17, 15) is 4.79 Å². The lowest BCUT2D eigenvalue weighted by Gasteiger charge is -2.03. The van der Waals surface area contributed by atoms with Gasteiger partial charge in [-0.2, -0.15) is 0 Å². The number of anilines is 1. The molecule has 0 aliphatic carbocycles. The maximum atomic E-state index is 12.3. The van der Waals surface area contributed by atoms with Crippen molar-refractivity contribution in [2.24, 2.45) is 7.05 Å². The molecule has 0 radical (unpaired) electrons. The summed E-state index contributed by atoms with van der Waals surface area (Å²) in [7, 11) is 1.86. The number of carbonyl (C=O) groups is 1. The van der Waals surface area contributed by atoms with Crippen LogP contribution in [-0.2, 0) is 11.8 Å². The SMILES string of the molecule is Cc1ccc(-c2csc(NC(=O)CSc3nnc(-c4ccccn4)n3C)n2)cc1. The van der Waals surface area contributed by atoms with Crippen molar-refractivity contribution in [2.75, 3.05) is 11.1 Å². The lowest BCUT2D eigenvalue weighted by Crippen LogP contribution is -2.14. The van der Waals surface area contributed by atoms with Gasteiger partial charge in [0.25, 0.3) is 0 Å². The van der Waals surface area contributed by atoms with Crippen molar-refractivity contribution in [2.45, 2.75) is 12.1 Å². The first-order valence-corrected chi connectivity index (χ1v) is 10.7. The molecule has 0 spiro atoms. The Morgan fingerprint density at radius 1 is 1.14 bits per heavy atom. The molecule has 1 N–H and O–H groups in total. The second-order valence-corrected chi connectivity index (χ2v) is 8.12. The lowest BCUT2D eigenvalue weighted by molar-refractivity contribution is -0.113. The Labute approximate surface area is 176 Å². The van der Waals surface area contributed by atoms with E-state index in [0.29, 0.717) is 16.1 Å². The summed E-state index contributed by atoms with van der Waals surface area (Å²) in [5, 5.41) is 14.4. The van der Waals surface area contributed by atoms with Gasteiger partial charge >= 0.3 is 0 Å². The van der Waals surface area contributed by atoms with Crippen LogP contribution in [-0.4, -0.2) is 36.4 Å². The number of carbonyl (C=O) groups excluding carboxylic acids is 1. The Balaban J connectivity index is 1.36. The fraction of sp³-hybridized carbons (Fsp3) is 0.150. The third kappa shape index (κ3) is 4.52. The number of pyridine rings is 1. The minimum absolute atomic E-state index is 0.137. The number of aryl methyl sites for hydroxylation is 1. The first kappa shape index (κ1) is 19.3. The molecule has 4 aromatic rings. The molecule has 1 aromatic carbocycles. The number of thiazole rings is 1. The quantitative estimate of drug-likeness (QED) is 0.472. The number of hydrogen-bond acceptors (Lipinski definition) is 7. The number of aromatic nitrogens is 5. The van der Waals surface area contributed by atoms with Gasteiger partial charge in [0.1, 0.15) is 5.69 Å². The summed E-state index contributed by atoms with van der Waals surface area (Å²) in [4.78, 5) is 21.1. The monoisotopic (exact) mass is 422 g/mol. The Kier molecular flexibility index (Phi) is 5.68. The smallest absolute Gasteiger partial charge is 0.236 e. The molecule has 9 heteroatoms. The van der Waals surface area contributed by atoms with Gasteiger partial charge in [-0.3, -0.25) is 9.78 Å². The van der Waals surface area contributed by atoms with Crippen LogP contribution in [0.4, 0.5) is 5.13 Å². The van der Waals surface area contributed by atoms with E-state index in [4.69, 9.17) is 0 Å². The van der Waals surface area contributed by atoms with Gasteiger partial charge in [-0.05, 0) is 19.1 Å². The number of rotatable bonds is 6. The average molecular weight is 423 g/mol. The van der Waals surface area contributed by atoms with Crippen LogP contribution in [0, 0.1) is 6.92 Å². The van der Waals surface area contributed by atoms with E-state index >= 15 is 0 Å². The van der Waals surface area contributed by atoms with Crippen molar-refractivity contribution >= 4 is 34.1 Å². The number of nitrogens with zero attached hydrogens (tertiary/aromatic N) is 5. The van der Waals surface area contributed by atoms with E-state index in [1.165, 1.54) is 28.7 Å². The summed E-state index contributed by atoms with van der Waals surface area (Å²) in [6.07, 6.45) is 1.71. The molecule has 7 nitrogen and oxygen atoms in total. The minimum Gasteiger partial charge on any atom is -0.304 e. The molecule has 0 unspecified atom stereocenters. The molecule has 3 aromatic heterocycles. The van der Waals surface area contributed by atoms with E-state index in [1.54, 1.807) is 6.20 Å². The summed E-state index contributed by atoms with van der Waals surface area (Å²) in [6.45, 7) is 2.05. The first-order valence-electron chi connectivity index (χ1n) is 8.86. The molecule has 29 heavy (non-hydrogen) atoms. The van der Waals surface area contributed by atoms with E-state index in [1.807, 2.05) is 66.4 Å². The van der Waals surface area contributed by atoms with Gasteiger partial charge in [-0.1, -0.05) is 47.7 Å². The Morgan fingerprint density at radius 2 is 1.97 bits per heavy atom. The van der Waals surface area contributed by atoms with Gasteiger partial charge in [-0.15, -0.1) is 21.5 Å². The molecule has 0 saturated carbocycles. The molecule has 0 saturated heterocycles. The standard InChI is InChI=1S/C20H18N6OS2/c1-13-6-8-14(9-7-13)16-11-28-19(22-16)23-17(27)12-29-20-25-24-18(26(20)2)15-5-3-4-10-21-15/h3-11H,12H2,1-2H3,(H,22,23,27). The van der Waals surface area contributed by atoms with Crippen LogP contribution >= 0.6 is 23.1 Å². The molecule has 0 fully saturated rings. The lowest BCUT2D eigenvalue weighted by atomic mass is 10.1. The highest BCUT2D eigenvalue weighted by Crippen LogP contribution is 2.26. The van der Waals surface area contributed by atoms with Crippen LogP contribution in [0.2, 0.25) is 0 Å². The molecule has 0 bridgehead atoms. The third-order valence-corrected chi connectivity index (χ3v) is 5.94. The summed E-state index contributed by atoms with van der Waals surface area (Å²) in [5.41, 5.74) is 3.82.